The van der Waals surface area contributed by atoms with E-state index in [1.165, 1.54) is 34.8 Å². The first kappa shape index (κ1) is 19.2. The minimum Gasteiger partial charge on any atom is -0.324 e. The minimum absolute atomic E-state index is 0.0254. The van der Waals surface area contributed by atoms with Gasteiger partial charge in [-0.05, 0) is 37.1 Å². The number of aromatic nitrogens is 1. The summed E-state index contributed by atoms with van der Waals surface area (Å²) in [6, 6.07) is 7.75. The van der Waals surface area contributed by atoms with E-state index in [9.17, 15) is 22.4 Å². The maximum atomic E-state index is 13.2. The molecule has 1 amide bonds. The molecule has 1 aromatic heterocycles. The van der Waals surface area contributed by atoms with Crippen LogP contribution in [-0.4, -0.2) is 36.3 Å². The first-order valence-electron chi connectivity index (χ1n) is 8.62. The number of carbonyl (C=O) groups excluding carboxylic acids is 1. The molecule has 2 aromatic rings. The molecule has 0 spiro atoms. The van der Waals surface area contributed by atoms with E-state index in [0.29, 0.717) is 13.1 Å². The average molecular weight is 393 g/mol. The summed E-state index contributed by atoms with van der Waals surface area (Å²) in [5.41, 5.74) is -0.243. The van der Waals surface area contributed by atoms with Crippen molar-refractivity contribution in [1.82, 2.24) is 8.87 Å². The molecule has 144 valence electrons. The number of hydrogen-bond donors (Lipinski definition) is 1. The molecule has 9 heteroatoms. The van der Waals surface area contributed by atoms with Crippen LogP contribution in [0.5, 0.6) is 0 Å². The SMILES string of the molecule is O=C(Cn1cc(S(=O)(=O)N2CCCCC2)ccc1=O)Nc1cccc(F)c1. The predicted molar refractivity (Wildman–Crippen MR) is 98.3 cm³/mol. The standard InChI is InChI=1S/C18H20FN3O4S/c19-14-5-4-6-15(11-14)20-17(23)13-21-12-16(7-8-18(21)24)27(25,26)22-9-2-1-3-10-22/h4-8,11-12H,1-3,9-10,13H2,(H,20,23). The zero-order valence-electron chi connectivity index (χ0n) is 14.6. The highest BCUT2D eigenvalue weighted by molar-refractivity contribution is 7.89. The zero-order valence-corrected chi connectivity index (χ0v) is 15.4. The molecule has 1 saturated heterocycles. The number of piperidine rings is 1. The van der Waals surface area contributed by atoms with Crippen LogP contribution in [0.1, 0.15) is 19.3 Å². The largest absolute Gasteiger partial charge is 0.324 e. The average Bonchev–Trinajstić information content (AvgIpc) is 2.64. The van der Waals surface area contributed by atoms with Gasteiger partial charge in [-0.3, -0.25) is 9.59 Å². The Morgan fingerprint density at radius 1 is 1.11 bits per heavy atom. The number of amides is 1. The molecule has 2 heterocycles. The summed E-state index contributed by atoms with van der Waals surface area (Å²) < 4.78 is 41.1. The van der Waals surface area contributed by atoms with Crippen molar-refractivity contribution in [1.29, 1.82) is 0 Å². The van der Waals surface area contributed by atoms with Crippen LogP contribution >= 0.6 is 0 Å². The summed E-state index contributed by atoms with van der Waals surface area (Å²) in [4.78, 5) is 24.2. The summed E-state index contributed by atoms with van der Waals surface area (Å²) in [6.45, 7) is 0.516. The Labute approximate surface area is 156 Å². The summed E-state index contributed by atoms with van der Waals surface area (Å²) >= 11 is 0. The third-order valence-electron chi connectivity index (χ3n) is 4.33. The lowest BCUT2D eigenvalue weighted by Crippen LogP contribution is -2.36. The summed E-state index contributed by atoms with van der Waals surface area (Å²) in [6.07, 6.45) is 3.77. The number of sulfonamides is 1. The van der Waals surface area contributed by atoms with E-state index in [4.69, 9.17) is 0 Å². The molecule has 0 saturated carbocycles. The lowest BCUT2D eigenvalue weighted by molar-refractivity contribution is -0.116. The predicted octanol–water partition coefficient (Wildman–Crippen LogP) is 1.80. The molecule has 0 aliphatic carbocycles. The van der Waals surface area contributed by atoms with Gasteiger partial charge < -0.3 is 9.88 Å². The van der Waals surface area contributed by atoms with Crippen molar-refractivity contribution in [2.24, 2.45) is 0 Å². The number of benzene rings is 1. The Balaban J connectivity index is 1.79. The number of rotatable bonds is 5. The molecular formula is C18H20FN3O4S. The van der Waals surface area contributed by atoms with E-state index in [0.717, 1.165) is 36.0 Å². The van der Waals surface area contributed by atoms with Gasteiger partial charge in [0.1, 0.15) is 12.4 Å². The maximum absolute atomic E-state index is 13.2. The second kappa shape index (κ2) is 8.01. The van der Waals surface area contributed by atoms with Crippen LogP contribution in [0.25, 0.3) is 0 Å². The lowest BCUT2D eigenvalue weighted by Gasteiger charge is -2.26. The molecule has 0 atom stereocenters. The first-order chi connectivity index (χ1) is 12.9. The fourth-order valence-corrected chi connectivity index (χ4v) is 4.50. The van der Waals surface area contributed by atoms with Crippen molar-refractivity contribution in [2.75, 3.05) is 18.4 Å². The number of pyridine rings is 1. The normalized spacial score (nSPS) is 15.4. The van der Waals surface area contributed by atoms with E-state index in [1.807, 2.05) is 0 Å². The maximum Gasteiger partial charge on any atom is 0.251 e. The van der Waals surface area contributed by atoms with E-state index < -0.39 is 27.3 Å². The van der Waals surface area contributed by atoms with Gasteiger partial charge in [-0.15, -0.1) is 0 Å². The Kier molecular flexibility index (Phi) is 5.71. The van der Waals surface area contributed by atoms with Gasteiger partial charge in [-0.2, -0.15) is 4.31 Å². The molecule has 0 radical (unpaired) electrons. The van der Waals surface area contributed by atoms with Gasteiger partial charge in [0.05, 0.1) is 4.90 Å². The Hall–Kier alpha value is -2.52. The van der Waals surface area contributed by atoms with Gasteiger partial charge in [-0.25, -0.2) is 12.8 Å². The van der Waals surface area contributed by atoms with Crippen LogP contribution in [0.3, 0.4) is 0 Å². The number of anilines is 1. The van der Waals surface area contributed by atoms with E-state index in [1.54, 1.807) is 0 Å². The second-order valence-corrected chi connectivity index (χ2v) is 8.29. The Bertz CT molecular complexity index is 998. The van der Waals surface area contributed by atoms with Crippen LogP contribution in [0.15, 0.2) is 52.3 Å². The highest BCUT2D eigenvalue weighted by atomic mass is 32.2. The number of carbonyl (C=O) groups is 1. The number of hydrogen-bond acceptors (Lipinski definition) is 4. The number of halogens is 1. The summed E-state index contributed by atoms with van der Waals surface area (Å²) in [7, 11) is -3.71. The molecular weight excluding hydrogens is 373 g/mol. The third kappa shape index (κ3) is 4.61. The first-order valence-corrected chi connectivity index (χ1v) is 10.1. The van der Waals surface area contributed by atoms with Gasteiger partial charge in [0, 0.05) is 31.0 Å². The summed E-state index contributed by atoms with van der Waals surface area (Å²) in [5.74, 6) is -1.06. The van der Waals surface area contributed by atoms with Gasteiger partial charge in [0.25, 0.3) is 5.56 Å². The van der Waals surface area contributed by atoms with Gasteiger partial charge >= 0.3 is 0 Å². The van der Waals surface area contributed by atoms with Crippen molar-refractivity contribution in [3.63, 3.8) is 0 Å². The van der Waals surface area contributed by atoms with E-state index >= 15 is 0 Å². The van der Waals surface area contributed by atoms with Crippen molar-refractivity contribution in [2.45, 2.75) is 30.7 Å². The number of nitrogens with zero attached hydrogens (tertiary/aromatic N) is 2. The third-order valence-corrected chi connectivity index (χ3v) is 6.21. The quantitative estimate of drug-likeness (QED) is 0.839. The second-order valence-electron chi connectivity index (χ2n) is 6.35. The van der Waals surface area contributed by atoms with Crippen molar-refractivity contribution in [3.05, 3.63) is 58.8 Å². The van der Waals surface area contributed by atoms with Crippen molar-refractivity contribution in [3.8, 4) is 0 Å². The van der Waals surface area contributed by atoms with Crippen molar-refractivity contribution >= 4 is 21.6 Å². The highest BCUT2D eigenvalue weighted by Crippen LogP contribution is 2.19. The molecule has 0 unspecified atom stereocenters. The molecule has 1 N–H and O–H groups in total. The molecule has 1 aromatic carbocycles. The Morgan fingerprint density at radius 3 is 2.56 bits per heavy atom. The zero-order chi connectivity index (χ0) is 19.4. The number of nitrogens with one attached hydrogen (secondary N) is 1. The van der Waals surface area contributed by atoms with Crippen LogP contribution in [0, 0.1) is 5.82 Å². The molecule has 27 heavy (non-hydrogen) atoms. The monoisotopic (exact) mass is 393 g/mol. The van der Waals surface area contributed by atoms with E-state index in [-0.39, 0.29) is 17.1 Å². The van der Waals surface area contributed by atoms with Crippen LogP contribution in [-0.2, 0) is 21.4 Å². The fraction of sp³-hybridized carbons (Fsp3) is 0.333. The molecule has 1 fully saturated rings. The molecule has 1 aliphatic heterocycles. The van der Waals surface area contributed by atoms with Crippen LogP contribution in [0.2, 0.25) is 0 Å². The van der Waals surface area contributed by atoms with E-state index in [2.05, 4.69) is 5.32 Å². The smallest absolute Gasteiger partial charge is 0.251 e. The highest BCUT2D eigenvalue weighted by Gasteiger charge is 2.26. The molecule has 1 aliphatic rings. The molecule has 3 rings (SSSR count). The van der Waals surface area contributed by atoms with Gasteiger partial charge in [0.2, 0.25) is 15.9 Å². The lowest BCUT2D eigenvalue weighted by atomic mass is 10.2. The minimum atomic E-state index is -3.71. The fourth-order valence-electron chi connectivity index (χ4n) is 2.96. The summed E-state index contributed by atoms with van der Waals surface area (Å²) in [5, 5.41) is 2.48. The van der Waals surface area contributed by atoms with Crippen LogP contribution < -0.4 is 10.9 Å². The van der Waals surface area contributed by atoms with Gasteiger partial charge in [-0.1, -0.05) is 12.5 Å². The van der Waals surface area contributed by atoms with Crippen molar-refractivity contribution < 1.29 is 17.6 Å². The molecule has 7 nitrogen and oxygen atoms in total. The topological polar surface area (TPSA) is 88.5 Å². The van der Waals surface area contributed by atoms with Gasteiger partial charge in [0.15, 0.2) is 0 Å². The Morgan fingerprint density at radius 2 is 1.85 bits per heavy atom. The molecule has 0 bridgehead atoms. The van der Waals surface area contributed by atoms with Crippen LogP contribution in [0.4, 0.5) is 10.1 Å².